The lowest BCUT2D eigenvalue weighted by molar-refractivity contribution is 0.196. The zero-order valence-corrected chi connectivity index (χ0v) is 13.5. The Morgan fingerprint density at radius 2 is 2.14 bits per heavy atom. The summed E-state index contributed by atoms with van der Waals surface area (Å²) in [5, 5.41) is 0.687. The van der Waals surface area contributed by atoms with Crippen LogP contribution in [0.15, 0.2) is 34.9 Å². The summed E-state index contributed by atoms with van der Waals surface area (Å²) in [5.41, 5.74) is 6.78. The molecule has 0 saturated heterocycles. The van der Waals surface area contributed by atoms with E-state index in [2.05, 4.69) is 23.7 Å². The maximum atomic E-state index is 5.99. The molecule has 21 heavy (non-hydrogen) atoms. The third-order valence-electron chi connectivity index (χ3n) is 3.32. The van der Waals surface area contributed by atoms with Gasteiger partial charge in [0.05, 0.1) is 12.7 Å². The minimum atomic E-state index is 0.0805. The number of hydrogen-bond donors (Lipinski definition) is 1. The van der Waals surface area contributed by atoms with Crippen LogP contribution in [0.3, 0.4) is 0 Å². The molecule has 0 saturated carbocycles. The number of halogens is 1. The first-order valence-electron chi connectivity index (χ1n) is 6.99. The summed E-state index contributed by atoms with van der Waals surface area (Å²) in [7, 11) is 2.04. The van der Waals surface area contributed by atoms with Crippen LogP contribution in [0, 0.1) is 5.41 Å². The van der Waals surface area contributed by atoms with Crippen molar-refractivity contribution in [2.45, 2.75) is 20.4 Å². The summed E-state index contributed by atoms with van der Waals surface area (Å²) in [5.74, 6) is 1.43. The van der Waals surface area contributed by atoms with Crippen molar-refractivity contribution in [1.82, 2.24) is 9.88 Å². The fourth-order valence-electron chi connectivity index (χ4n) is 2.24. The smallest absolute Gasteiger partial charge is 0.209 e. The fourth-order valence-corrected chi connectivity index (χ4v) is 2.43. The highest BCUT2D eigenvalue weighted by Gasteiger charge is 2.19. The van der Waals surface area contributed by atoms with Crippen molar-refractivity contribution < 1.29 is 4.42 Å². The van der Waals surface area contributed by atoms with Crippen LogP contribution in [-0.2, 0) is 6.54 Å². The number of oxazole rings is 1. The van der Waals surface area contributed by atoms with Gasteiger partial charge in [0.2, 0.25) is 5.89 Å². The lowest BCUT2D eigenvalue weighted by atomic mass is 9.93. The Labute approximate surface area is 130 Å². The minimum Gasteiger partial charge on any atom is -0.439 e. The molecule has 0 atom stereocenters. The average molecular weight is 308 g/mol. The molecule has 5 heteroatoms. The van der Waals surface area contributed by atoms with Gasteiger partial charge in [-0.15, -0.1) is 0 Å². The molecule has 0 spiro atoms. The monoisotopic (exact) mass is 307 g/mol. The SMILES string of the molecule is CN(Cc1ncc(-c2cccc(Cl)c2)o1)CC(C)(C)CN. The van der Waals surface area contributed by atoms with Crippen LogP contribution < -0.4 is 5.73 Å². The number of aromatic nitrogens is 1. The van der Waals surface area contributed by atoms with E-state index in [1.165, 1.54) is 0 Å². The molecule has 114 valence electrons. The molecule has 1 aromatic heterocycles. The average Bonchev–Trinajstić information content (AvgIpc) is 2.86. The van der Waals surface area contributed by atoms with Gasteiger partial charge in [0.15, 0.2) is 5.76 Å². The van der Waals surface area contributed by atoms with E-state index in [4.69, 9.17) is 21.8 Å². The highest BCUT2D eigenvalue weighted by molar-refractivity contribution is 6.30. The van der Waals surface area contributed by atoms with Gasteiger partial charge >= 0.3 is 0 Å². The van der Waals surface area contributed by atoms with Gasteiger partial charge in [0.1, 0.15) is 0 Å². The normalized spacial score (nSPS) is 12.1. The lowest BCUT2D eigenvalue weighted by Gasteiger charge is -2.28. The Balaban J connectivity index is 2.03. The van der Waals surface area contributed by atoms with Gasteiger partial charge in [-0.1, -0.05) is 37.6 Å². The molecule has 1 heterocycles. The molecule has 0 unspecified atom stereocenters. The Bertz CT molecular complexity index is 595. The summed E-state index contributed by atoms with van der Waals surface area (Å²) in [6.07, 6.45) is 1.74. The summed E-state index contributed by atoms with van der Waals surface area (Å²) < 4.78 is 5.80. The number of hydrogen-bond acceptors (Lipinski definition) is 4. The van der Waals surface area contributed by atoms with Crippen molar-refractivity contribution in [3.05, 3.63) is 41.4 Å². The maximum Gasteiger partial charge on any atom is 0.209 e. The van der Waals surface area contributed by atoms with Crippen molar-refractivity contribution in [2.24, 2.45) is 11.1 Å². The van der Waals surface area contributed by atoms with Crippen LogP contribution in [0.1, 0.15) is 19.7 Å². The van der Waals surface area contributed by atoms with Gasteiger partial charge in [0.25, 0.3) is 0 Å². The van der Waals surface area contributed by atoms with Crippen LogP contribution in [0.4, 0.5) is 0 Å². The lowest BCUT2D eigenvalue weighted by Crippen LogP contribution is -2.36. The first kappa shape index (κ1) is 16.0. The summed E-state index contributed by atoms with van der Waals surface area (Å²) >= 11 is 5.99. The molecule has 0 aliphatic rings. The molecule has 0 radical (unpaired) electrons. The first-order chi connectivity index (χ1) is 9.89. The Morgan fingerprint density at radius 3 is 2.81 bits per heavy atom. The molecule has 0 aliphatic carbocycles. The molecule has 2 rings (SSSR count). The second-order valence-electron chi connectivity index (χ2n) is 6.17. The van der Waals surface area contributed by atoms with Crippen LogP contribution in [0.2, 0.25) is 5.02 Å². The third-order valence-corrected chi connectivity index (χ3v) is 3.55. The second kappa shape index (κ2) is 6.60. The molecule has 0 bridgehead atoms. The summed E-state index contributed by atoms with van der Waals surface area (Å²) in [4.78, 5) is 6.50. The highest BCUT2D eigenvalue weighted by Crippen LogP contribution is 2.24. The molecular formula is C16H22ClN3O. The topological polar surface area (TPSA) is 55.3 Å². The highest BCUT2D eigenvalue weighted by atomic mass is 35.5. The zero-order chi connectivity index (χ0) is 15.5. The molecule has 0 aliphatic heterocycles. The quantitative estimate of drug-likeness (QED) is 0.888. The van der Waals surface area contributed by atoms with E-state index in [-0.39, 0.29) is 5.41 Å². The maximum absolute atomic E-state index is 5.99. The molecule has 1 aromatic carbocycles. The van der Waals surface area contributed by atoms with Crippen molar-refractivity contribution >= 4 is 11.6 Å². The predicted octanol–water partition coefficient (Wildman–Crippen LogP) is 3.41. The summed E-state index contributed by atoms with van der Waals surface area (Å²) in [6, 6.07) is 7.56. The Kier molecular flexibility index (Phi) is 5.04. The standard InChI is InChI=1S/C16H22ClN3O/c1-16(2,10-18)11-20(3)9-15-19-8-14(21-15)12-5-4-6-13(17)7-12/h4-8H,9-11,18H2,1-3H3. The van der Waals surface area contributed by atoms with Crippen molar-refractivity contribution in [3.63, 3.8) is 0 Å². The van der Waals surface area contributed by atoms with Crippen LogP contribution >= 0.6 is 11.6 Å². The van der Waals surface area contributed by atoms with Gasteiger partial charge in [-0.05, 0) is 31.1 Å². The molecule has 0 fully saturated rings. The molecule has 0 amide bonds. The zero-order valence-electron chi connectivity index (χ0n) is 12.8. The fraction of sp³-hybridized carbons (Fsp3) is 0.438. The largest absolute Gasteiger partial charge is 0.439 e. The van der Waals surface area contributed by atoms with Crippen LogP contribution in [0.5, 0.6) is 0 Å². The third kappa shape index (κ3) is 4.56. The minimum absolute atomic E-state index is 0.0805. The van der Waals surface area contributed by atoms with E-state index in [1.807, 2.05) is 31.3 Å². The molecule has 2 N–H and O–H groups in total. The van der Waals surface area contributed by atoms with E-state index in [9.17, 15) is 0 Å². The van der Waals surface area contributed by atoms with Gasteiger partial charge < -0.3 is 10.2 Å². The molecule has 4 nitrogen and oxygen atoms in total. The number of nitrogens with two attached hydrogens (primary N) is 1. The summed E-state index contributed by atoms with van der Waals surface area (Å²) in [6.45, 7) is 6.49. The first-order valence-corrected chi connectivity index (χ1v) is 7.37. The van der Waals surface area contributed by atoms with E-state index >= 15 is 0 Å². The van der Waals surface area contributed by atoms with Crippen molar-refractivity contribution in [3.8, 4) is 11.3 Å². The van der Waals surface area contributed by atoms with Gasteiger partial charge in [-0.3, -0.25) is 4.90 Å². The van der Waals surface area contributed by atoms with E-state index in [0.29, 0.717) is 24.0 Å². The van der Waals surface area contributed by atoms with E-state index in [1.54, 1.807) is 6.20 Å². The van der Waals surface area contributed by atoms with Gasteiger partial charge in [-0.2, -0.15) is 0 Å². The predicted molar refractivity (Wildman–Crippen MR) is 86.1 cm³/mol. The van der Waals surface area contributed by atoms with E-state index < -0.39 is 0 Å². The second-order valence-corrected chi connectivity index (χ2v) is 6.61. The molecular weight excluding hydrogens is 286 g/mol. The number of rotatable bonds is 6. The van der Waals surface area contributed by atoms with Crippen molar-refractivity contribution in [1.29, 1.82) is 0 Å². The van der Waals surface area contributed by atoms with Crippen molar-refractivity contribution in [2.75, 3.05) is 20.1 Å². The number of nitrogens with zero attached hydrogens (tertiary/aromatic N) is 2. The Hall–Kier alpha value is -1.36. The van der Waals surface area contributed by atoms with Gasteiger partial charge in [-0.25, -0.2) is 4.98 Å². The molecule has 2 aromatic rings. The van der Waals surface area contributed by atoms with Gasteiger partial charge in [0, 0.05) is 17.1 Å². The Morgan fingerprint density at radius 1 is 1.38 bits per heavy atom. The van der Waals surface area contributed by atoms with Crippen LogP contribution in [0.25, 0.3) is 11.3 Å². The van der Waals surface area contributed by atoms with Crippen LogP contribution in [-0.4, -0.2) is 30.0 Å². The van der Waals surface area contributed by atoms with E-state index in [0.717, 1.165) is 17.9 Å². The number of benzene rings is 1.